The van der Waals surface area contributed by atoms with Gasteiger partial charge >= 0.3 is 0 Å². The highest BCUT2D eigenvalue weighted by Gasteiger charge is 2.34. The summed E-state index contributed by atoms with van der Waals surface area (Å²) in [5, 5.41) is 5.58. The van der Waals surface area contributed by atoms with Gasteiger partial charge in [0.15, 0.2) is 6.61 Å². The van der Waals surface area contributed by atoms with Gasteiger partial charge in [0.05, 0.1) is 22.8 Å². The lowest BCUT2D eigenvalue weighted by Crippen LogP contribution is -2.47. The molecule has 10 heteroatoms. The van der Waals surface area contributed by atoms with E-state index in [1.807, 2.05) is 13.0 Å². The molecule has 0 bridgehead atoms. The van der Waals surface area contributed by atoms with Crippen LogP contribution in [0.5, 0.6) is 5.75 Å². The van der Waals surface area contributed by atoms with Gasteiger partial charge < -0.3 is 19.8 Å². The predicted octanol–water partition coefficient (Wildman–Crippen LogP) is 1.76. The van der Waals surface area contributed by atoms with Crippen LogP contribution in [0.4, 0.5) is 5.69 Å². The number of sulfonamides is 1. The Morgan fingerprint density at radius 3 is 2.97 bits per heavy atom. The number of amides is 2. The lowest BCUT2D eigenvalue weighted by Gasteiger charge is -2.32. The molecule has 3 heterocycles. The van der Waals surface area contributed by atoms with Gasteiger partial charge in [0, 0.05) is 25.6 Å². The maximum absolute atomic E-state index is 13.2. The Labute approximate surface area is 180 Å². The third-order valence-corrected chi connectivity index (χ3v) is 7.31. The van der Waals surface area contributed by atoms with E-state index in [4.69, 9.17) is 9.15 Å². The van der Waals surface area contributed by atoms with Crippen LogP contribution in [0.3, 0.4) is 0 Å². The number of piperidine rings is 1. The SMILES string of the molecule is C[C@@H](Cc1ccco1)NC(=O)[C@H]1CCCN(S(=O)(=O)c2ccc3c(c2)NC(=O)CO3)C1. The number of hydrogen-bond acceptors (Lipinski definition) is 6. The lowest BCUT2D eigenvalue weighted by atomic mass is 9.98. The van der Waals surface area contributed by atoms with Crippen LogP contribution in [0.25, 0.3) is 0 Å². The summed E-state index contributed by atoms with van der Waals surface area (Å²) in [6, 6.07) is 7.91. The molecule has 2 aliphatic heterocycles. The summed E-state index contributed by atoms with van der Waals surface area (Å²) in [6.07, 6.45) is 3.37. The Bertz CT molecular complexity index is 1070. The molecule has 2 atom stereocenters. The van der Waals surface area contributed by atoms with E-state index in [2.05, 4.69) is 10.6 Å². The minimum Gasteiger partial charge on any atom is -0.482 e. The van der Waals surface area contributed by atoms with Gasteiger partial charge in [-0.3, -0.25) is 9.59 Å². The van der Waals surface area contributed by atoms with Crippen molar-refractivity contribution >= 4 is 27.5 Å². The van der Waals surface area contributed by atoms with Crippen LogP contribution in [0.15, 0.2) is 45.9 Å². The van der Waals surface area contributed by atoms with E-state index >= 15 is 0 Å². The highest BCUT2D eigenvalue weighted by atomic mass is 32.2. The molecular weight excluding hydrogens is 422 g/mol. The van der Waals surface area contributed by atoms with E-state index in [1.54, 1.807) is 12.3 Å². The number of carbonyl (C=O) groups excluding carboxylic acids is 2. The molecule has 0 radical (unpaired) electrons. The Morgan fingerprint density at radius 2 is 2.19 bits per heavy atom. The number of nitrogens with one attached hydrogen (secondary N) is 2. The maximum Gasteiger partial charge on any atom is 0.262 e. The van der Waals surface area contributed by atoms with E-state index in [0.29, 0.717) is 37.2 Å². The summed E-state index contributed by atoms with van der Waals surface area (Å²) in [6.45, 7) is 2.25. The minimum absolute atomic E-state index is 0.0595. The van der Waals surface area contributed by atoms with Crippen molar-refractivity contribution in [3.8, 4) is 5.75 Å². The Morgan fingerprint density at radius 1 is 1.35 bits per heavy atom. The molecule has 9 nitrogen and oxygen atoms in total. The van der Waals surface area contributed by atoms with Gasteiger partial charge in [0.2, 0.25) is 15.9 Å². The number of rotatable bonds is 6. The average Bonchev–Trinajstić information content (AvgIpc) is 3.26. The number of ether oxygens (including phenoxy) is 1. The third-order valence-electron chi connectivity index (χ3n) is 5.45. The number of nitrogens with zero attached hydrogens (tertiary/aromatic N) is 1. The van der Waals surface area contributed by atoms with Gasteiger partial charge in [0.1, 0.15) is 11.5 Å². The first-order valence-corrected chi connectivity index (χ1v) is 11.7. The molecule has 0 spiro atoms. The molecule has 4 rings (SSSR count). The van der Waals surface area contributed by atoms with Crippen molar-refractivity contribution < 1.29 is 27.2 Å². The van der Waals surface area contributed by atoms with E-state index < -0.39 is 15.9 Å². The fourth-order valence-electron chi connectivity index (χ4n) is 3.89. The second kappa shape index (κ2) is 8.72. The molecule has 2 aromatic rings. The summed E-state index contributed by atoms with van der Waals surface area (Å²) < 4.78 is 38.3. The van der Waals surface area contributed by atoms with Crippen LogP contribution >= 0.6 is 0 Å². The van der Waals surface area contributed by atoms with Gasteiger partial charge in [-0.1, -0.05) is 0 Å². The summed E-state index contributed by atoms with van der Waals surface area (Å²) in [5.41, 5.74) is 0.329. The summed E-state index contributed by atoms with van der Waals surface area (Å²) in [4.78, 5) is 24.4. The van der Waals surface area contributed by atoms with E-state index in [9.17, 15) is 18.0 Å². The molecule has 31 heavy (non-hydrogen) atoms. The highest BCUT2D eigenvalue weighted by molar-refractivity contribution is 7.89. The van der Waals surface area contributed by atoms with Crippen LogP contribution in [0.1, 0.15) is 25.5 Å². The van der Waals surface area contributed by atoms with Crippen LogP contribution in [0, 0.1) is 5.92 Å². The molecule has 1 aromatic carbocycles. The molecule has 0 unspecified atom stereocenters. The average molecular weight is 448 g/mol. The van der Waals surface area contributed by atoms with E-state index in [1.165, 1.54) is 22.5 Å². The Balaban J connectivity index is 1.43. The first kappa shape index (κ1) is 21.4. The van der Waals surface area contributed by atoms with Gasteiger partial charge in [-0.15, -0.1) is 0 Å². The zero-order valence-corrected chi connectivity index (χ0v) is 18.0. The van der Waals surface area contributed by atoms with Gasteiger partial charge in [0.25, 0.3) is 5.91 Å². The van der Waals surface area contributed by atoms with Crippen LogP contribution in [-0.4, -0.2) is 50.3 Å². The molecule has 2 amide bonds. The number of carbonyl (C=O) groups is 2. The standard InChI is InChI=1S/C21H25N3O6S/c1-14(10-16-5-3-9-29-16)22-21(26)15-4-2-8-24(12-15)31(27,28)17-6-7-19-18(11-17)23-20(25)13-30-19/h3,5-7,9,11,14-15H,2,4,8,10,12-13H2,1H3,(H,22,26)(H,23,25)/t14-,15-/m0/s1. The normalized spacial score (nSPS) is 20.3. The highest BCUT2D eigenvalue weighted by Crippen LogP contribution is 2.32. The van der Waals surface area contributed by atoms with Crippen molar-refractivity contribution in [2.45, 2.75) is 37.1 Å². The molecule has 1 fully saturated rings. The van der Waals surface area contributed by atoms with Crippen molar-refractivity contribution in [3.63, 3.8) is 0 Å². The number of fused-ring (bicyclic) bond motifs is 1. The number of furan rings is 1. The molecule has 2 N–H and O–H groups in total. The summed E-state index contributed by atoms with van der Waals surface area (Å²) in [5.74, 6) is 0.290. The van der Waals surface area contributed by atoms with E-state index in [0.717, 1.165) is 5.76 Å². The Hall–Kier alpha value is -2.85. The first-order valence-electron chi connectivity index (χ1n) is 10.2. The molecule has 166 valence electrons. The van der Waals surface area contributed by atoms with Crippen molar-refractivity contribution in [1.29, 1.82) is 0 Å². The predicted molar refractivity (Wildman–Crippen MR) is 112 cm³/mol. The fraction of sp³-hybridized carbons (Fsp3) is 0.429. The monoisotopic (exact) mass is 447 g/mol. The molecular formula is C21H25N3O6S. The van der Waals surface area contributed by atoms with Crippen LogP contribution in [0.2, 0.25) is 0 Å². The molecule has 0 aliphatic carbocycles. The van der Waals surface area contributed by atoms with Crippen molar-refractivity contribution in [1.82, 2.24) is 9.62 Å². The van der Waals surface area contributed by atoms with Crippen molar-refractivity contribution in [3.05, 3.63) is 42.4 Å². The molecule has 0 saturated carbocycles. The third kappa shape index (κ3) is 4.75. The number of benzene rings is 1. The van der Waals surface area contributed by atoms with Crippen molar-refractivity contribution in [2.75, 3.05) is 25.0 Å². The number of anilines is 1. The maximum atomic E-state index is 13.2. The lowest BCUT2D eigenvalue weighted by molar-refractivity contribution is -0.126. The summed E-state index contributed by atoms with van der Waals surface area (Å²) >= 11 is 0. The zero-order valence-electron chi connectivity index (χ0n) is 17.2. The second-order valence-electron chi connectivity index (χ2n) is 7.89. The topological polar surface area (TPSA) is 118 Å². The first-order chi connectivity index (χ1) is 14.8. The number of hydrogen-bond donors (Lipinski definition) is 2. The second-order valence-corrected chi connectivity index (χ2v) is 9.83. The zero-order chi connectivity index (χ0) is 22.0. The minimum atomic E-state index is -3.82. The van der Waals surface area contributed by atoms with Gasteiger partial charge in [-0.25, -0.2) is 8.42 Å². The molecule has 1 aromatic heterocycles. The largest absolute Gasteiger partial charge is 0.482 e. The molecule has 2 aliphatic rings. The molecule has 1 saturated heterocycles. The quantitative estimate of drug-likeness (QED) is 0.697. The van der Waals surface area contributed by atoms with Crippen LogP contribution in [-0.2, 0) is 26.0 Å². The van der Waals surface area contributed by atoms with Crippen molar-refractivity contribution in [2.24, 2.45) is 5.92 Å². The Kier molecular flexibility index (Phi) is 6.01. The fourth-order valence-corrected chi connectivity index (χ4v) is 5.44. The van der Waals surface area contributed by atoms with Gasteiger partial charge in [-0.2, -0.15) is 4.31 Å². The smallest absolute Gasteiger partial charge is 0.262 e. The summed E-state index contributed by atoms with van der Waals surface area (Å²) in [7, 11) is -3.82. The van der Waals surface area contributed by atoms with Gasteiger partial charge in [-0.05, 0) is 50.1 Å². The van der Waals surface area contributed by atoms with E-state index in [-0.39, 0.29) is 35.9 Å². The van der Waals surface area contributed by atoms with Crippen LogP contribution < -0.4 is 15.4 Å².